The van der Waals surface area contributed by atoms with Crippen LogP contribution in [-0.2, 0) is 0 Å². The summed E-state index contributed by atoms with van der Waals surface area (Å²) in [6.07, 6.45) is 3.25. The number of benzene rings is 1. The first-order chi connectivity index (χ1) is 9.60. The molecule has 0 aliphatic rings. The molecule has 0 fully saturated rings. The maximum atomic E-state index is 12.7. The third kappa shape index (κ3) is 3.57. The number of pyridine rings is 1. The van der Waals surface area contributed by atoms with Gasteiger partial charge >= 0.3 is 0 Å². The first-order valence-corrected chi connectivity index (χ1v) is 7.39. The van der Waals surface area contributed by atoms with Crippen molar-refractivity contribution in [3.63, 3.8) is 0 Å². The Hall–Kier alpha value is -1.88. The first kappa shape index (κ1) is 14.5. The lowest BCUT2D eigenvalue weighted by molar-refractivity contribution is 0.0939. The second-order valence-electron chi connectivity index (χ2n) is 4.34. The van der Waals surface area contributed by atoms with Crippen LogP contribution in [0.1, 0.15) is 28.9 Å². The molecule has 0 saturated carbocycles. The summed E-state index contributed by atoms with van der Waals surface area (Å²) in [6, 6.07) is 10.5. The molecule has 1 aromatic carbocycles. The van der Waals surface area contributed by atoms with Gasteiger partial charge in [-0.1, -0.05) is 12.1 Å². The zero-order valence-electron chi connectivity index (χ0n) is 11.3. The Morgan fingerprint density at radius 1 is 1.25 bits per heavy atom. The molecular formula is C15H15FN2OS. The normalized spacial score (nSPS) is 11.9. The smallest absolute Gasteiger partial charge is 0.253 e. The van der Waals surface area contributed by atoms with Crippen molar-refractivity contribution in [2.75, 3.05) is 6.26 Å². The highest BCUT2D eigenvalue weighted by molar-refractivity contribution is 7.98. The number of nitrogens with one attached hydrogen (secondary N) is 1. The molecule has 0 saturated heterocycles. The molecule has 1 heterocycles. The molecule has 2 rings (SSSR count). The summed E-state index contributed by atoms with van der Waals surface area (Å²) in [6.45, 7) is 1.91. The predicted octanol–water partition coefficient (Wildman–Crippen LogP) is 3.43. The minimum absolute atomic E-state index is 0.122. The third-order valence-electron chi connectivity index (χ3n) is 2.95. The van der Waals surface area contributed by atoms with Crippen LogP contribution in [0, 0.1) is 5.95 Å². The third-order valence-corrected chi connectivity index (χ3v) is 3.70. The number of rotatable bonds is 4. The van der Waals surface area contributed by atoms with E-state index in [1.54, 1.807) is 11.8 Å². The second-order valence-corrected chi connectivity index (χ2v) is 5.22. The maximum Gasteiger partial charge on any atom is 0.253 e. The Morgan fingerprint density at radius 3 is 2.50 bits per heavy atom. The van der Waals surface area contributed by atoms with Crippen molar-refractivity contribution in [2.24, 2.45) is 0 Å². The van der Waals surface area contributed by atoms with Gasteiger partial charge in [0.15, 0.2) is 0 Å². The quantitative estimate of drug-likeness (QED) is 0.693. The van der Waals surface area contributed by atoms with Gasteiger partial charge in [0.05, 0.1) is 11.6 Å². The second kappa shape index (κ2) is 6.52. The largest absolute Gasteiger partial charge is 0.345 e. The van der Waals surface area contributed by atoms with Gasteiger partial charge in [-0.25, -0.2) is 4.98 Å². The van der Waals surface area contributed by atoms with E-state index >= 15 is 0 Å². The van der Waals surface area contributed by atoms with Gasteiger partial charge in [-0.15, -0.1) is 11.8 Å². The van der Waals surface area contributed by atoms with Gasteiger partial charge in [-0.05, 0) is 43.0 Å². The minimum Gasteiger partial charge on any atom is -0.345 e. The van der Waals surface area contributed by atoms with Gasteiger partial charge in [-0.3, -0.25) is 4.79 Å². The summed E-state index contributed by atoms with van der Waals surface area (Å²) in [5.41, 5.74) is 1.37. The van der Waals surface area contributed by atoms with E-state index in [9.17, 15) is 9.18 Å². The monoisotopic (exact) mass is 290 g/mol. The Kier molecular flexibility index (Phi) is 4.74. The number of thioether (sulfide) groups is 1. The lowest BCUT2D eigenvalue weighted by atomic mass is 10.1. The van der Waals surface area contributed by atoms with Crippen LogP contribution in [-0.4, -0.2) is 17.1 Å². The van der Waals surface area contributed by atoms with E-state index in [1.807, 2.05) is 37.4 Å². The Labute approximate surface area is 121 Å². The van der Waals surface area contributed by atoms with Crippen molar-refractivity contribution in [2.45, 2.75) is 17.9 Å². The molecule has 0 radical (unpaired) electrons. The molecule has 1 amide bonds. The summed E-state index contributed by atoms with van der Waals surface area (Å²) < 4.78 is 12.7. The van der Waals surface area contributed by atoms with Crippen LogP contribution < -0.4 is 5.32 Å². The van der Waals surface area contributed by atoms with Crippen molar-refractivity contribution >= 4 is 17.7 Å². The SMILES string of the molecule is CSc1ccc(C(C)NC(=O)c2ccc(F)nc2)cc1. The van der Waals surface area contributed by atoms with E-state index in [-0.39, 0.29) is 11.9 Å². The molecule has 1 unspecified atom stereocenters. The van der Waals surface area contributed by atoms with Crippen molar-refractivity contribution in [3.8, 4) is 0 Å². The average Bonchev–Trinajstić information content (AvgIpc) is 2.48. The van der Waals surface area contributed by atoms with E-state index in [0.29, 0.717) is 5.56 Å². The van der Waals surface area contributed by atoms with Crippen LogP contribution in [0.3, 0.4) is 0 Å². The van der Waals surface area contributed by atoms with E-state index in [4.69, 9.17) is 0 Å². The standard InChI is InChI=1S/C15H15FN2OS/c1-10(11-3-6-13(20-2)7-4-11)18-15(19)12-5-8-14(16)17-9-12/h3-10H,1-2H3,(H,18,19). The molecule has 20 heavy (non-hydrogen) atoms. The van der Waals surface area contributed by atoms with Gasteiger partial charge in [0.25, 0.3) is 5.91 Å². The van der Waals surface area contributed by atoms with Gasteiger partial charge in [0, 0.05) is 11.1 Å². The van der Waals surface area contributed by atoms with E-state index in [1.165, 1.54) is 23.2 Å². The summed E-state index contributed by atoms with van der Waals surface area (Å²) in [5.74, 6) is -0.860. The molecule has 0 aliphatic carbocycles. The van der Waals surface area contributed by atoms with Crippen LogP contribution in [0.4, 0.5) is 4.39 Å². The number of carbonyl (C=O) groups excluding carboxylic acids is 1. The van der Waals surface area contributed by atoms with Crippen molar-refractivity contribution in [1.29, 1.82) is 0 Å². The molecule has 1 N–H and O–H groups in total. The van der Waals surface area contributed by atoms with Crippen LogP contribution in [0.15, 0.2) is 47.5 Å². The number of hydrogen-bond donors (Lipinski definition) is 1. The van der Waals surface area contributed by atoms with E-state index in [0.717, 1.165) is 5.56 Å². The number of nitrogens with zero attached hydrogens (tertiary/aromatic N) is 1. The number of amides is 1. The zero-order valence-corrected chi connectivity index (χ0v) is 12.1. The molecule has 1 atom stereocenters. The highest BCUT2D eigenvalue weighted by Crippen LogP contribution is 2.19. The Balaban J connectivity index is 2.04. The molecule has 0 aliphatic heterocycles. The Morgan fingerprint density at radius 2 is 1.95 bits per heavy atom. The topological polar surface area (TPSA) is 42.0 Å². The maximum absolute atomic E-state index is 12.7. The molecule has 104 valence electrons. The molecule has 0 spiro atoms. The molecule has 3 nitrogen and oxygen atoms in total. The highest BCUT2D eigenvalue weighted by atomic mass is 32.2. The van der Waals surface area contributed by atoms with Gasteiger partial charge in [0.2, 0.25) is 5.95 Å². The van der Waals surface area contributed by atoms with Gasteiger partial charge in [-0.2, -0.15) is 4.39 Å². The van der Waals surface area contributed by atoms with Crippen LogP contribution in [0.25, 0.3) is 0 Å². The zero-order chi connectivity index (χ0) is 14.5. The first-order valence-electron chi connectivity index (χ1n) is 6.16. The highest BCUT2D eigenvalue weighted by Gasteiger charge is 2.11. The lowest BCUT2D eigenvalue weighted by Gasteiger charge is -2.14. The summed E-state index contributed by atoms with van der Waals surface area (Å²) in [7, 11) is 0. The van der Waals surface area contributed by atoms with Crippen LogP contribution in [0.5, 0.6) is 0 Å². The predicted molar refractivity (Wildman–Crippen MR) is 78.3 cm³/mol. The minimum atomic E-state index is -0.595. The summed E-state index contributed by atoms with van der Waals surface area (Å²) in [5, 5.41) is 2.86. The number of halogens is 1. The fourth-order valence-electron chi connectivity index (χ4n) is 1.77. The number of aromatic nitrogens is 1. The molecule has 2 aromatic rings. The van der Waals surface area contributed by atoms with Gasteiger partial charge < -0.3 is 5.32 Å². The fourth-order valence-corrected chi connectivity index (χ4v) is 2.17. The van der Waals surface area contributed by atoms with E-state index < -0.39 is 5.95 Å². The fraction of sp³-hybridized carbons (Fsp3) is 0.200. The van der Waals surface area contributed by atoms with Crippen molar-refractivity contribution in [3.05, 3.63) is 59.7 Å². The van der Waals surface area contributed by atoms with Crippen LogP contribution in [0.2, 0.25) is 0 Å². The van der Waals surface area contributed by atoms with Crippen molar-refractivity contribution < 1.29 is 9.18 Å². The Bertz CT molecular complexity index is 584. The number of hydrogen-bond acceptors (Lipinski definition) is 3. The van der Waals surface area contributed by atoms with Gasteiger partial charge in [0.1, 0.15) is 0 Å². The lowest BCUT2D eigenvalue weighted by Crippen LogP contribution is -2.26. The summed E-state index contributed by atoms with van der Waals surface area (Å²) in [4.78, 5) is 16.6. The summed E-state index contributed by atoms with van der Waals surface area (Å²) >= 11 is 1.67. The van der Waals surface area contributed by atoms with Crippen molar-refractivity contribution in [1.82, 2.24) is 10.3 Å². The molecule has 1 aromatic heterocycles. The molecule has 5 heteroatoms. The van der Waals surface area contributed by atoms with E-state index in [2.05, 4.69) is 10.3 Å². The molecular weight excluding hydrogens is 275 g/mol. The molecule has 0 bridgehead atoms. The average molecular weight is 290 g/mol. The number of carbonyl (C=O) groups is 1. The van der Waals surface area contributed by atoms with Crippen LogP contribution >= 0.6 is 11.8 Å².